The third-order valence-corrected chi connectivity index (χ3v) is 4.21. The zero-order valence-electron chi connectivity index (χ0n) is 11.9. The van der Waals surface area contributed by atoms with Crippen LogP contribution in [0.3, 0.4) is 0 Å². The van der Waals surface area contributed by atoms with Crippen molar-refractivity contribution in [3.05, 3.63) is 35.1 Å². The highest BCUT2D eigenvalue weighted by Gasteiger charge is 2.17. The van der Waals surface area contributed by atoms with Crippen LogP contribution in [0.5, 0.6) is 0 Å². The molecule has 1 aromatic carbocycles. The lowest BCUT2D eigenvalue weighted by atomic mass is 10.1. The summed E-state index contributed by atoms with van der Waals surface area (Å²) in [5, 5.41) is 0. The zero-order chi connectivity index (χ0) is 13.7. The van der Waals surface area contributed by atoms with E-state index in [-0.39, 0.29) is 12.4 Å². The van der Waals surface area contributed by atoms with Crippen molar-refractivity contribution < 1.29 is 4.39 Å². The second kappa shape index (κ2) is 7.01. The van der Waals surface area contributed by atoms with Crippen molar-refractivity contribution >= 4 is 0 Å². The summed E-state index contributed by atoms with van der Waals surface area (Å²) in [6.45, 7) is 1.16. The van der Waals surface area contributed by atoms with Crippen molar-refractivity contribution in [3.8, 4) is 0 Å². The second-order valence-corrected chi connectivity index (χ2v) is 5.69. The van der Waals surface area contributed by atoms with Crippen molar-refractivity contribution in [3.63, 3.8) is 0 Å². The number of benzene rings is 1. The van der Waals surface area contributed by atoms with Crippen LogP contribution in [-0.4, -0.2) is 18.0 Å². The van der Waals surface area contributed by atoms with E-state index in [1.165, 1.54) is 38.5 Å². The van der Waals surface area contributed by atoms with Crippen molar-refractivity contribution in [2.45, 2.75) is 57.7 Å². The highest BCUT2D eigenvalue weighted by molar-refractivity contribution is 5.25. The number of nitrogens with two attached hydrogens (primary N) is 1. The Kier molecular flexibility index (Phi) is 5.34. The van der Waals surface area contributed by atoms with E-state index < -0.39 is 0 Å². The maximum Gasteiger partial charge on any atom is 0.127 e. The molecule has 2 nitrogen and oxygen atoms in total. The highest BCUT2D eigenvalue weighted by atomic mass is 19.1. The lowest BCUT2D eigenvalue weighted by molar-refractivity contribution is 0.213. The molecule has 0 heterocycles. The lowest BCUT2D eigenvalue weighted by Crippen LogP contribution is -2.30. The quantitative estimate of drug-likeness (QED) is 0.844. The predicted molar refractivity (Wildman–Crippen MR) is 77.2 cm³/mol. The molecule has 0 spiro atoms. The molecule has 0 bridgehead atoms. The Morgan fingerprint density at radius 3 is 2.53 bits per heavy atom. The average Bonchev–Trinajstić information content (AvgIpc) is 2.70. The van der Waals surface area contributed by atoms with Crippen LogP contribution >= 0.6 is 0 Å². The van der Waals surface area contributed by atoms with E-state index in [0.717, 1.165) is 12.1 Å². The first-order valence-electron chi connectivity index (χ1n) is 7.38. The molecule has 1 aliphatic carbocycles. The van der Waals surface area contributed by atoms with Gasteiger partial charge in [0.15, 0.2) is 0 Å². The lowest BCUT2D eigenvalue weighted by Gasteiger charge is -2.27. The third kappa shape index (κ3) is 4.02. The van der Waals surface area contributed by atoms with Gasteiger partial charge in [0, 0.05) is 24.7 Å². The minimum atomic E-state index is -0.191. The number of nitrogens with zero attached hydrogens (tertiary/aromatic N) is 1. The molecule has 0 aliphatic heterocycles. The summed E-state index contributed by atoms with van der Waals surface area (Å²) >= 11 is 0. The van der Waals surface area contributed by atoms with Crippen LogP contribution in [0.25, 0.3) is 0 Å². The summed E-state index contributed by atoms with van der Waals surface area (Å²) < 4.78 is 13.4. The maximum atomic E-state index is 13.4. The molecular weight excluding hydrogens is 239 g/mol. The van der Waals surface area contributed by atoms with Crippen LogP contribution in [0.2, 0.25) is 0 Å². The minimum Gasteiger partial charge on any atom is -0.326 e. The molecule has 0 amide bonds. The zero-order valence-corrected chi connectivity index (χ0v) is 11.9. The van der Waals surface area contributed by atoms with Gasteiger partial charge in [-0.25, -0.2) is 4.39 Å². The first-order valence-corrected chi connectivity index (χ1v) is 7.38. The smallest absolute Gasteiger partial charge is 0.127 e. The summed E-state index contributed by atoms with van der Waals surface area (Å²) in [6, 6.07) is 6.00. The fraction of sp³-hybridized carbons (Fsp3) is 0.625. The highest BCUT2D eigenvalue weighted by Crippen LogP contribution is 2.22. The number of hydrogen-bond donors (Lipinski definition) is 1. The van der Waals surface area contributed by atoms with Crippen LogP contribution in [-0.2, 0) is 13.1 Å². The molecule has 3 heteroatoms. The Labute approximate surface area is 115 Å². The first-order chi connectivity index (χ1) is 9.20. The predicted octanol–water partition coefficient (Wildman–Crippen LogP) is 3.44. The fourth-order valence-corrected chi connectivity index (χ4v) is 3.00. The summed E-state index contributed by atoms with van der Waals surface area (Å²) in [4.78, 5) is 2.42. The SMILES string of the molecule is CN(Cc1ccc(F)c(CN)c1)C1CCCCCC1. The van der Waals surface area contributed by atoms with E-state index in [0.29, 0.717) is 11.6 Å². The van der Waals surface area contributed by atoms with Crippen molar-refractivity contribution in [2.24, 2.45) is 5.73 Å². The monoisotopic (exact) mass is 264 g/mol. The average molecular weight is 264 g/mol. The van der Waals surface area contributed by atoms with Gasteiger partial charge >= 0.3 is 0 Å². The van der Waals surface area contributed by atoms with Gasteiger partial charge in [-0.05, 0) is 31.5 Å². The summed E-state index contributed by atoms with van der Waals surface area (Å²) in [5.74, 6) is -0.191. The Hall–Kier alpha value is -0.930. The number of rotatable bonds is 4. The Morgan fingerprint density at radius 2 is 1.89 bits per heavy atom. The number of hydrogen-bond acceptors (Lipinski definition) is 2. The second-order valence-electron chi connectivity index (χ2n) is 5.69. The molecule has 19 heavy (non-hydrogen) atoms. The van der Waals surface area contributed by atoms with Crippen molar-refractivity contribution in [1.29, 1.82) is 0 Å². The molecule has 0 saturated heterocycles. The molecular formula is C16H25FN2. The topological polar surface area (TPSA) is 29.3 Å². The van der Waals surface area contributed by atoms with Gasteiger partial charge in [0.05, 0.1) is 0 Å². The number of halogens is 1. The molecule has 2 rings (SSSR count). The van der Waals surface area contributed by atoms with E-state index in [9.17, 15) is 4.39 Å². The molecule has 1 saturated carbocycles. The van der Waals surface area contributed by atoms with Gasteiger partial charge in [-0.1, -0.05) is 37.8 Å². The standard InChI is InChI=1S/C16H25FN2/c1-19(15-6-4-2-3-5-7-15)12-13-8-9-16(17)14(10-13)11-18/h8-10,15H,2-7,11-12,18H2,1H3. The van der Waals surface area contributed by atoms with Gasteiger partial charge in [0.1, 0.15) is 5.82 Å². The van der Waals surface area contributed by atoms with E-state index in [4.69, 9.17) is 5.73 Å². The van der Waals surface area contributed by atoms with Crippen LogP contribution < -0.4 is 5.73 Å². The van der Waals surface area contributed by atoms with Gasteiger partial charge in [-0.3, -0.25) is 4.90 Å². The molecule has 0 unspecified atom stereocenters. The van der Waals surface area contributed by atoms with E-state index in [1.807, 2.05) is 12.1 Å². The van der Waals surface area contributed by atoms with E-state index in [2.05, 4.69) is 11.9 Å². The van der Waals surface area contributed by atoms with Crippen molar-refractivity contribution in [1.82, 2.24) is 4.90 Å². The molecule has 0 aromatic heterocycles. The van der Waals surface area contributed by atoms with Gasteiger partial charge in [0.25, 0.3) is 0 Å². The molecule has 1 aliphatic rings. The molecule has 106 valence electrons. The first kappa shape index (κ1) is 14.5. The van der Waals surface area contributed by atoms with Gasteiger partial charge < -0.3 is 5.73 Å². The normalized spacial score (nSPS) is 17.7. The summed E-state index contributed by atoms with van der Waals surface area (Å²) in [5.41, 5.74) is 7.34. The molecule has 0 atom stereocenters. The van der Waals surface area contributed by atoms with Crippen LogP contribution in [0.1, 0.15) is 49.7 Å². The van der Waals surface area contributed by atoms with Crippen LogP contribution in [0.4, 0.5) is 4.39 Å². The maximum absolute atomic E-state index is 13.4. The van der Waals surface area contributed by atoms with E-state index in [1.54, 1.807) is 6.07 Å². The van der Waals surface area contributed by atoms with Crippen LogP contribution in [0.15, 0.2) is 18.2 Å². The molecule has 2 N–H and O–H groups in total. The van der Waals surface area contributed by atoms with Gasteiger partial charge in [-0.15, -0.1) is 0 Å². The molecule has 1 fully saturated rings. The third-order valence-electron chi connectivity index (χ3n) is 4.21. The minimum absolute atomic E-state index is 0.191. The Bertz CT molecular complexity index is 398. The van der Waals surface area contributed by atoms with E-state index >= 15 is 0 Å². The summed E-state index contributed by atoms with van der Waals surface area (Å²) in [6.07, 6.45) is 8.01. The molecule has 1 aromatic rings. The van der Waals surface area contributed by atoms with Gasteiger partial charge in [-0.2, -0.15) is 0 Å². The Morgan fingerprint density at radius 1 is 1.21 bits per heavy atom. The van der Waals surface area contributed by atoms with Crippen LogP contribution in [0, 0.1) is 5.82 Å². The molecule has 0 radical (unpaired) electrons. The van der Waals surface area contributed by atoms with Gasteiger partial charge in [0.2, 0.25) is 0 Å². The van der Waals surface area contributed by atoms with Crippen molar-refractivity contribution in [2.75, 3.05) is 7.05 Å². The Balaban J connectivity index is 1.99. The fourth-order valence-electron chi connectivity index (χ4n) is 3.00. The largest absolute Gasteiger partial charge is 0.326 e. The summed E-state index contributed by atoms with van der Waals surface area (Å²) in [7, 11) is 2.18.